The number of ether oxygens (including phenoxy) is 1. The van der Waals surface area contributed by atoms with Crippen molar-refractivity contribution in [1.29, 1.82) is 0 Å². The van der Waals surface area contributed by atoms with Gasteiger partial charge in [-0.25, -0.2) is 0 Å². The molecule has 0 saturated carbocycles. The zero-order chi connectivity index (χ0) is 28.6. The van der Waals surface area contributed by atoms with Crippen LogP contribution < -0.4 is 10.6 Å². The number of nitrogens with zero attached hydrogens (tertiary/aromatic N) is 1. The number of carbonyl (C=O) groups is 4. The summed E-state index contributed by atoms with van der Waals surface area (Å²) in [7, 11) is 1.27. The van der Waals surface area contributed by atoms with Gasteiger partial charge >= 0.3 is 5.97 Å². The highest BCUT2D eigenvalue weighted by Gasteiger charge is 2.29. The van der Waals surface area contributed by atoms with Gasteiger partial charge in [-0.3, -0.25) is 19.2 Å². The van der Waals surface area contributed by atoms with Crippen LogP contribution in [0.25, 0.3) is 16.2 Å². The molecule has 1 atom stereocenters. The van der Waals surface area contributed by atoms with Crippen LogP contribution in [0.2, 0.25) is 10.0 Å². The third-order valence-corrected chi connectivity index (χ3v) is 8.71. The van der Waals surface area contributed by atoms with Crippen LogP contribution >= 0.6 is 34.5 Å². The van der Waals surface area contributed by atoms with E-state index in [0.29, 0.717) is 47.1 Å². The molecule has 2 N–H and O–H groups in total. The molecule has 11 heteroatoms. The fraction of sp³-hybridized carbons (Fsp3) is 0.310. The highest BCUT2D eigenvalue weighted by atomic mass is 35.5. The predicted octanol–water partition coefficient (Wildman–Crippen LogP) is 4.94. The van der Waals surface area contributed by atoms with E-state index in [2.05, 4.69) is 10.6 Å². The van der Waals surface area contributed by atoms with E-state index in [1.807, 2.05) is 23.6 Å². The molecule has 4 rings (SSSR count). The number of esters is 1. The van der Waals surface area contributed by atoms with Gasteiger partial charge in [0.15, 0.2) is 0 Å². The van der Waals surface area contributed by atoms with Gasteiger partial charge in [-0.15, -0.1) is 11.3 Å². The summed E-state index contributed by atoms with van der Waals surface area (Å²) in [6.45, 7) is 0.887. The summed E-state index contributed by atoms with van der Waals surface area (Å²) in [5, 5.41) is 9.41. The summed E-state index contributed by atoms with van der Waals surface area (Å²) >= 11 is 14.3. The number of carbonyl (C=O) groups excluding carboxylic acids is 4. The Bertz CT molecular complexity index is 1420. The van der Waals surface area contributed by atoms with E-state index >= 15 is 0 Å². The molecule has 0 spiro atoms. The van der Waals surface area contributed by atoms with Gasteiger partial charge < -0.3 is 20.3 Å². The monoisotopic (exact) mass is 601 g/mol. The van der Waals surface area contributed by atoms with Crippen molar-refractivity contribution in [3.05, 3.63) is 75.1 Å². The van der Waals surface area contributed by atoms with Crippen molar-refractivity contribution in [2.45, 2.75) is 25.3 Å². The topological polar surface area (TPSA) is 105 Å². The highest BCUT2D eigenvalue weighted by Crippen LogP contribution is 2.37. The number of rotatable bonds is 9. The molecular weight excluding hydrogens is 573 g/mol. The number of hydrogen-bond donors (Lipinski definition) is 2. The Kier molecular flexibility index (Phi) is 10.2. The number of nitrogens with one attached hydrogen (secondary N) is 2. The van der Waals surface area contributed by atoms with E-state index in [9.17, 15) is 19.2 Å². The molecule has 210 valence electrons. The molecule has 1 aromatic heterocycles. The van der Waals surface area contributed by atoms with Crippen molar-refractivity contribution in [3.8, 4) is 0 Å². The normalized spacial score (nSPS) is 14.7. The average Bonchev–Trinajstić information content (AvgIpc) is 3.46. The second-order valence-corrected chi connectivity index (χ2v) is 11.1. The van der Waals surface area contributed by atoms with Crippen LogP contribution in [0, 0.1) is 5.92 Å². The number of piperidine rings is 1. The summed E-state index contributed by atoms with van der Waals surface area (Å²) in [4.78, 5) is 51.9. The molecule has 1 saturated heterocycles. The Labute approximate surface area is 246 Å². The van der Waals surface area contributed by atoms with Crippen LogP contribution in [0.15, 0.2) is 53.9 Å². The molecule has 1 unspecified atom stereocenters. The molecule has 0 aliphatic carbocycles. The lowest BCUT2D eigenvalue weighted by atomic mass is 9.95. The third-order valence-electron chi connectivity index (χ3n) is 6.77. The standard InChI is InChI=1S/C29H29Cl2N3O5S/c1-39-24(36)16-22(17-32-28(37)18-5-3-2-4-6-18)33-29(38)19-9-12-34(13-10-19)23(35)8-7-20-15-21-11-14-40-27(21)26(31)25(20)30/h2-8,11,14-15,19,22H,9-10,12-13,16-17H2,1H3,(H,32,37)(H,33,38). The van der Waals surface area contributed by atoms with Gasteiger partial charge in [0.2, 0.25) is 11.8 Å². The molecule has 2 heterocycles. The Morgan fingerprint density at radius 2 is 1.82 bits per heavy atom. The largest absolute Gasteiger partial charge is 0.469 e. The van der Waals surface area contributed by atoms with Crippen molar-refractivity contribution >= 4 is 74.4 Å². The van der Waals surface area contributed by atoms with Crippen molar-refractivity contribution in [3.63, 3.8) is 0 Å². The van der Waals surface area contributed by atoms with Gasteiger partial charge in [0, 0.05) is 37.2 Å². The lowest BCUT2D eigenvalue weighted by Crippen LogP contribution is -2.49. The van der Waals surface area contributed by atoms with Crippen LogP contribution in [0.4, 0.5) is 0 Å². The molecule has 2 aromatic carbocycles. The van der Waals surface area contributed by atoms with Crippen molar-refractivity contribution in [2.24, 2.45) is 5.92 Å². The number of hydrogen-bond acceptors (Lipinski definition) is 6. The van der Waals surface area contributed by atoms with Crippen LogP contribution in [0.1, 0.15) is 35.2 Å². The van der Waals surface area contributed by atoms with Crippen LogP contribution in [0.3, 0.4) is 0 Å². The molecule has 0 bridgehead atoms. The first-order chi connectivity index (χ1) is 19.3. The second kappa shape index (κ2) is 13.8. The molecule has 3 amide bonds. The molecule has 40 heavy (non-hydrogen) atoms. The molecule has 8 nitrogen and oxygen atoms in total. The van der Waals surface area contributed by atoms with Crippen LogP contribution in [-0.4, -0.2) is 61.4 Å². The quantitative estimate of drug-likeness (QED) is 0.267. The summed E-state index contributed by atoms with van der Waals surface area (Å²) in [5.74, 6) is -1.53. The summed E-state index contributed by atoms with van der Waals surface area (Å²) < 4.78 is 5.66. The first-order valence-electron chi connectivity index (χ1n) is 12.8. The second-order valence-electron chi connectivity index (χ2n) is 9.43. The fourth-order valence-corrected chi connectivity index (χ4v) is 5.94. The minimum atomic E-state index is -0.632. The lowest BCUT2D eigenvalue weighted by molar-refractivity contribution is -0.141. The van der Waals surface area contributed by atoms with E-state index in [-0.39, 0.29) is 36.6 Å². The first-order valence-corrected chi connectivity index (χ1v) is 14.4. The number of fused-ring (bicyclic) bond motifs is 1. The van der Waals surface area contributed by atoms with Gasteiger partial charge in [-0.2, -0.15) is 0 Å². The zero-order valence-electron chi connectivity index (χ0n) is 21.8. The Morgan fingerprint density at radius 1 is 1.10 bits per heavy atom. The molecule has 3 aromatic rings. The fourth-order valence-electron chi connectivity index (χ4n) is 4.50. The van der Waals surface area contributed by atoms with Gasteiger partial charge in [0.1, 0.15) is 0 Å². The van der Waals surface area contributed by atoms with E-state index < -0.39 is 12.0 Å². The van der Waals surface area contributed by atoms with Gasteiger partial charge in [-0.1, -0.05) is 41.4 Å². The number of methoxy groups -OCH3 is 1. The molecule has 0 radical (unpaired) electrons. The van der Waals surface area contributed by atoms with Crippen molar-refractivity contribution in [1.82, 2.24) is 15.5 Å². The minimum absolute atomic E-state index is 0.0699. The smallest absolute Gasteiger partial charge is 0.307 e. The minimum Gasteiger partial charge on any atom is -0.469 e. The van der Waals surface area contributed by atoms with Crippen LogP contribution in [0.5, 0.6) is 0 Å². The number of benzene rings is 2. The maximum Gasteiger partial charge on any atom is 0.307 e. The van der Waals surface area contributed by atoms with E-state index in [4.69, 9.17) is 27.9 Å². The Balaban J connectivity index is 1.30. The zero-order valence-corrected chi connectivity index (χ0v) is 24.2. The number of halogens is 2. The highest BCUT2D eigenvalue weighted by molar-refractivity contribution is 7.18. The molecule has 1 aliphatic heterocycles. The Morgan fingerprint density at radius 3 is 2.52 bits per heavy atom. The summed E-state index contributed by atoms with van der Waals surface area (Å²) in [6.07, 6.45) is 4.00. The van der Waals surface area contributed by atoms with Crippen molar-refractivity contribution < 1.29 is 23.9 Å². The summed E-state index contributed by atoms with van der Waals surface area (Å²) in [6, 6.07) is 11.9. The number of thiophene rings is 1. The summed E-state index contributed by atoms with van der Waals surface area (Å²) in [5.41, 5.74) is 1.14. The van der Waals surface area contributed by atoms with Gasteiger partial charge in [0.05, 0.1) is 34.3 Å². The predicted molar refractivity (Wildman–Crippen MR) is 158 cm³/mol. The Hall–Kier alpha value is -3.40. The lowest BCUT2D eigenvalue weighted by Gasteiger charge is -2.31. The van der Waals surface area contributed by atoms with E-state index in [1.54, 1.807) is 35.2 Å². The van der Waals surface area contributed by atoms with Crippen LogP contribution in [-0.2, 0) is 19.1 Å². The molecular formula is C29H29Cl2N3O5S. The van der Waals surface area contributed by atoms with E-state index in [1.165, 1.54) is 24.5 Å². The number of amides is 3. The molecule has 1 aliphatic rings. The first kappa shape index (κ1) is 29.6. The third kappa shape index (κ3) is 7.41. The van der Waals surface area contributed by atoms with E-state index in [0.717, 1.165) is 10.1 Å². The SMILES string of the molecule is COC(=O)CC(CNC(=O)c1ccccc1)NC(=O)C1CCN(C(=O)C=Cc2cc3ccsc3c(Cl)c2Cl)CC1. The van der Waals surface area contributed by atoms with Gasteiger partial charge in [0.25, 0.3) is 5.91 Å². The van der Waals surface area contributed by atoms with Gasteiger partial charge in [-0.05, 0) is 59.5 Å². The molecule has 1 fully saturated rings. The maximum atomic E-state index is 13.0. The maximum absolute atomic E-state index is 13.0. The van der Waals surface area contributed by atoms with Crippen molar-refractivity contribution in [2.75, 3.05) is 26.7 Å². The number of likely N-dealkylation sites (tertiary alicyclic amines) is 1. The average molecular weight is 603 g/mol.